The van der Waals surface area contributed by atoms with Crippen LogP contribution in [0.4, 0.5) is 0 Å². The molecular formula is C19H21NO4. The van der Waals surface area contributed by atoms with Gasteiger partial charge in [-0.15, -0.1) is 6.58 Å². The fourth-order valence-corrected chi connectivity index (χ4v) is 5.55. The van der Waals surface area contributed by atoms with Crippen LogP contribution in [-0.4, -0.2) is 57.2 Å². The van der Waals surface area contributed by atoms with Gasteiger partial charge in [0.15, 0.2) is 11.5 Å². The molecule has 24 heavy (non-hydrogen) atoms. The van der Waals surface area contributed by atoms with Crippen molar-refractivity contribution < 1.29 is 20.1 Å². The van der Waals surface area contributed by atoms with Gasteiger partial charge in [-0.3, -0.25) is 4.90 Å². The summed E-state index contributed by atoms with van der Waals surface area (Å²) in [6, 6.07) is 3.48. The molecule has 0 radical (unpaired) electrons. The van der Waals surface area contributed by atoms with E-state index in [1.54, 1.807) is 18.2 Å². The van der Waals surface area contributed by atoms with Gasteiger partial charge in [-0.05, 0) is 24.5 Å². The van der Waals surface area contributed by atoms with Crippen LogP contribution in [0.15, 0.2) is 36.9 Å². The third kappa shape index (κ3) is 1.39. The Hall–Kier alpha value is -1.82. The number of benzene rings is 1. The monoisotopic (exact) mass is 327 g/mol. The molecule has 2 aliphatic heterocycles. The third-order valence-corrected chi connectivity index (χ3v) is 6.49. The summed E-state index contributed by atoms with van der Waals surface area (Å²) in [5.41, 5.74) is 0.166. The standard InChI is InChI=1S/C19H21NO4/c1-2-8-20-9-7-18-15-11-3-4-12(21)16(15)24-17(18)13(22)5-6-19(18,23)14(20)10-11/h2-6,13-14,17,21-23H,1,7-10H2/t13-,14+,17-,18-,19+/m0/s1. The summed E-state index contributed by atoms with van der Waals surface area (Å²) < 4.78 is 6.03. The highest BCUT2D eigenvalue weighted by molar-refractivity contribution is 5.63. The lowest BCUT2D eigenvalue weighted by Crippen LogP contribution is -2.75. The Morgan fingerprint density at radius 2 is 2.25 bits per heavy atom. The number of ether oxygens (including phenoxy) is 1. The molecule has 4 aliphatic rings. The minimum Gasteiger partial charge on any atom is -0.504 e. The highest BCUT2D eigenvalue weighted by atomic mass is 16.5. The number of hydrogen-bond donors (Lipinski definition) is 3. The molecule has 0 aromatic heterocycles. The van der Waals surface area contributed by atoms with E-state index in [-0.39, 0.29) is 11.8 Å². The largest absolute Gasteiger partial charge is 0.504 e. The minimum absolute atomic E-state index is 0.0825. The van der Waals surface area contributed by atoms with E-state index in [0.29, 0.717) is 25.1 Å². The van der Waals surface area contributed by atoms with Gasteiger partial charge in [0, 0.05) is 24.7 Å². The lowest BCUT2D eigenvalue weighted by atomic mass is 9.50. The number of nitrogens with zero attached hydrogens (tertiary/aromatic N) is 1. The van der Waals surface area contributed by atoms with Crippen molar-refractivity contribution in [1.82, 2.24) is 4.90 Å². The fourth-order valence-electron chi connectivity index (χ4n) is 5.55. The quantitative estimate of drug-likeness (QED) is 0.703. The SMILES string of the molecule is C=CCN1CC[C@]23c4c5ccc(O)c4O[C@H]2[C@@H](O)C=C[C@@]3(O)[C@H]1C5. The number of rotatable bonds is 2. The van der Waals surface area contributed by atoms with Gasteiger partial charge in [-0.2, -0.15) is 0 Å². The summed E-state index contributed by atoms with van der Waals surface area (Å²) in [7, 11) is 0. The summed E-state index contributed by atoms with van der Waals surface area (Å²) in [4.78, 5) is 2.26. The number of aromatic hydroxyl groups is 1. The van der Waals surface area contributed by atoms with Crippen molar-refractivity contribution in [3.05, 3.63) is 48.1 Å². The summed E-state index contributed by atoms with van der Waals surface area (Å²) in [6.45, 7) is 5.35. The van der Waals surface area contributed by atoms with Crippen molar-refractivity contribution in [1.29, 1.82) is 0 Å². The number of hydrogen-bond acceptors (Lipinski definition) is 5. The van der Waals surface area contributed by atoms with Crippen LogP contribution in [0.25, 0.3) is 0 Å². The second kappa shape index (κ2) is 4.42. The molecule has 5 atom stereocenters. The van der Waals surface area contributed by atoms with Gasteiger partial charge in [-0.1, -0.05) is 24.3 Å². The topological polar surface area (TPSA) is 73.2 Å². The van der Waals surface area contributed by atoms with Crippen LogP contribution in [0.1, 0.15) is 17.5 Å². The first kappa shape index (κ1) is 14.5. The van der Waals surface area contributed by atoms with E-state index in [1.165, 1.54) is 0 Å². The van der Waals surface area contributed by atoms with Crippen LogP contribution in [0, 0.1) is 0 Å². The van der Waals surface area contributed by atoms with Gasteiger partial charge in [0.05, 0.1) is 5.41 Å². The normalized spacial score (nSPS) is 41.7. The molecule has 0 unspecified atom stereocenters. The number of likely N-dealkylation sites (tertiary alicyclic amines) is 1. The van der Waals surface area contributed by atoms with Gasteiger partial charge in [-0.25, -0.2) is 0 Å². The molecule has 2 aliphatic carbocycles. The zero-order valence-electron chi connectivity index (χ0n) is 13.4. The first-order valence-corrected chi connectivity index (χ1v) is 8.49. The molecule has 5 heteroatoms. The van der Waals surface area contributed by atoms with Crippen LogP contribution in [-0.2, 0) is 11.8 Å². The number of phenols is 1. The van der Waals surface area contributed by atoms with Crippen LogP contribution < -0.4 is 4.74 Å². The lowest BCUT2D eigenvalue weighted by Gasteiger charge is -2.61. The van der Waals surface area contributed by atoms with Crippen molar-refractivity contribution in [2.24, 2.45) is 0 Å². The average molecular weight is 327 g/mol. The predicted octanol–water partition coefficient (Wildman–Crippen LogP) is 0.869. The van der Waals surface area contributed by atoms with E-state index in [0.717, 1.165) is 17.7 Å². The summed E-state index contributed by atoms with van der Waals surface area (Å²) >= 11 is 0. The molecule has 5 rings (SSSR count). The van der Waals surface area contributed by atoms with E-state index in [1.807, 2.05) is 12.1 Å². The van der Waals surface area contributed by atoms with E-state index < -0.39 is 23.2 Å². The Kier molecular flexibility index (Phi) is 2.67. The maximum absolute atomic E-state index is 11.8. The number of aliphatic hydroxyl groups excluding tert-OH is 1. The molecule has 2 heterocycles. The maximum Gasteiger partial charge on any atom is 0.165 e. The second-order valence-electron chi connectivity index (χ2n) is 7.39. The molecule has 0 amide bonds. The van der Waals surface area contributed by atoms with Crippen molar-refractivity contribution in [2.75, 3.05) is 13.1 Å². The highest BCUT2D eigenvalue weighted by Gasteiger charge is 2.71. The molecule has 1 saturated heterocycles. The van der Waals surface area contributed by atoms with Crippen molar-refractivity contribution in [3.63, 3.8) is 0 Å². The van der Waals surface area contributed by atoms with Gasteiger partial charge >= 0.3 is 0 Å². The lowest BCUT2D eigenvalue weighted by molar-refractivity contribution is -0.154. The molecular weight excluding hydrogens is 306 g/mol. The Labute approximate surface area is 140 Å². The molecule has 0 saturated carbocycles. The van der Waals surface area contributed by atoms with E-state index in [2.05, 4.69) is 11.5 Å². The minimum atomic E-state index is -1.12. The zero-order valence-corrected chi connectivity index (χ0v) is 13.4. The number of piperidine rings is 1. The maximum atomic E-state index is 11.8. The first-order valence-electron chi connectivity index (χ1n) is 8.49. The Balaban J connectivity index is 1.81. The van der Waals surface area contributed by atoms with E-state index >= 15 is 0 Å². The molecule has 126 valence electrons. The first-order chi connectivity index (χ1) is 11.5. The molecule has 3 N–H and O–H groups in total. The average Bonchev–Trinajstić information content (AvgIpc) is 2.91. The Morgan fingerprint density at radius 1 is 1.42 bits per heavy atom. The van der Waals surface area contributed by atoms with Crippen molar-refractivity contribution in [2.45, 2.75) is 42.1 Å². The molecule has 2 bridgehead atoms. The van der Waals surface area contributed by atoms with Gasteiger partial charge < -0.3 is 20.1 Å². The van der Waals surface area contributed by atoms with Gasteiger partial charge in [0.1, 0.15) is 17.8 Å². The van der Waals surface area contributed by atoms with Crippen molar-refractivity contribution >= 4 is 0 Å². The number of aliphatic hydroxyl groups is 2. The summed E-state index contributed by atoms with van der Waals surface area (Å²) in [5, 5.41) is 32.6. The van der Waals surface area contributed by atoms with E-state index in [9.17, 15) is 15.3 Å². The molecule has 5 nitrogen and oxygen atoms in total. The van der Waals surface area contributed by atoms with Crippen LogP contribution >= 0.6 is 0 Å². The molecule has 1 fully saturated rings. The smallest absolute Gasteiger partial charge is 0.165 e. The summed E-state index contributed by atoms with van der Waals surface area (Å²) in [5.74, 6) is 0.522. The fraction of sp³-hybridized carbons (Fsp3) is 0.474. The van der Waals surface area contributed by atoms with Gasteiger partial charge in [0.2, 0.25) is 0 Å². The number of phenolic OH excluding ortho intramolecular Hbond substituents is 1. The van der Waals surface area contributed by atoms with Crippen LogP contribution in [0.2, 0.25) is 0 Å². The predicted molar refractivity (Wildman–Crippen MR) is 88.2 cm³/mol. The molecule has 1 aromatic rings. The molecule has 1 aromatic carbocycles. The zero-order chi connectivity index (χ0) is 16.7. The van der Waals surface area contributed by atoms with Crippen LogP contribution in [0.3, 0.4) is 0 Å². The Bertz CT molecular complexity index is 775. The molecule has 1 spiro atoms. The summed E-state index contributed by atoms with van der Waals surface area (Å²) in [6.07, 6.45) is 5.26. The van der Waals surface area contributed by atoms with Gasteiger partial charge in [0.25, 0.3) is 0 Å². The van der Waals surface area contributed by atoms with Crippen LogP contribution in [0.5, 0.6) is 11.5 Å². The second-order valence-corrected chi connectivity index (χ2v) is 7.39. The van der Waals surface area contributed by atoms with E-state index in [4.69, 9.17) is 4.74 Å². The Morgan fingerprint density at radius 3 is 3.04 bits per heavy atom. The van der Waals surface area contributed by atoms with Crippen molar-refractivity contribution in [3.8, 4) is 11.5 Å². The highest BCUT2D eigenvalue weighted by Crippen LogP contribution is 2.63. The third-order valence-electron chi connectivity index (χ3n) is 6.49.